The number of benzene rings is 1. The van der Waals surface area contributed by atoms with Crippen molar-refractivity contribution >= 4 is 34.2 Å². The Balaban J connectivity index is 1.88. The van der Waals surface area contributed by atoms with Crippen molar-refractivity contribution in [3.63, 3.8) is 0 Å². The molecule has 0 unspecified atom stereocenters. The summed E-state index contributed by atoms with van der Waals surface area (Å²) in [4.78, 5) is 23.7. The van der Waals surface area contributed by atoms with Crippen molar-refractivity contribution in [2.45, 2.75) is 27.3 Å². The molecule has 0 saturated heterocycles. The number of thiazole rings is 1. The van der Waals surface area contributed by atoms with Crippen LogP contribution < -0.4 is 5.32 Å². The van der Waals surface area contributed by atoms with Crippen molar-refractivity contribution in [1.29, 1.82) is 0 Å². The van der Waals surface area contributed by atoms with Crippen LogP contribution in [0.5, 0.6) is 0 Å². The molecular weight excluding hydrogens is 334 g/mol. The van der Waals surface area contributed by atoms with Gasteiger partial charge in [0, 0.05) is 18.5 Å². The van der Waals surface area contributed by atoms with Gasteiger partial charge in [0.2, 0.25) is 5.95 Å². The van der Waals surface area contributed by atoms with Crippen molar-refractivity contribution in [2.75, 3.05) is 25.0 Å². The first-order valence-corrected chi connectivity index (χ1v) is 9.41. The Morgan fingerprint density at radius 2 is 2.00 bits per heavy atom. The molecule has 0 aliphatic rings. The second-order valence-electron chi connectivity index (χ2n) is 5.81. The summed E-state index contributed by atoms with van der Waals surface area (Å²) in [6.07, 6.45) is 0. The molecule has 6 nitrogen and oxygen atoms in total. The SMILES string of the molecule is CCN(CC)CCn1c(NC(=O)c2csc(C)n2)nc2ccccc21. The second kappa shape index (κ2) is 7.76. The van der Waals surface area contributed by atoms with Gasteiger partial charge in [-0.1, -0.05) is 26.0 Å². The van der Waals surface area contributed by atoms with Crippen LogP contribution in [0.4, 0.5) is 5.95 Å². The third-order valence-corrected chi connectivity index (χ3v) is 5.04. The fraction of sp³-hybridized carbons (Fsp3) is 0.389. The zero-order valence-corrected chi connectivity index (χ0v) is 15.6. The van der Waals surface area contributed by atoms with Crippen LogP contribution in [0.15, 0.2) is 29.6 Å². The van der Waals surface area contributed by atoms with Crippen LogP contribution in [0, 0.1) is 6.92 Å². The Bertz CT molecular complexity index is 865. The van der Waals surface area contributed by atoms with Crippen LogP contribution in [-0.2, 0) is 6.54 Å². The van der Waals surface area contributed by atoms with Crippen molar-refractivity contribution in [2.24, 2.45) is 0 Å². The summed E-state index contributed by atoms with van der Waals surface area (Å²) < 4.78 is 2.07. The van der Waals surface area contributed by atoms with Gasteiger partial charge in [-0.25, -0.2) is 9.97 Å². The molecule has 3 rings (SSSR count). The van der Waals surface area contributed by atoms with Crippen LogP contribution in [0.2, 0.25) is 0 Å². The number of hydrogen-bond acceptors (Lipinski definition) is 5. The Morgan fingerprint density at radius 1 is 1.24 bits per heavy atom. The maximum absolute atomic E-state index is 12.5. The zero-order valence-electron chi connectivity index (χ0n) is 14.8. The van der Waals surface area contributed by atoms with E-state index >= 15 is 0 Å². The molecule has 1 amide bonds. The number of hydrogen-bond donors (Lipinski definition) is 1. The molecule has 1 N–H and O–H groups in total. The van der Waals surface area contributed by atoms with Crippen LogP contribution in [0.3, 0.4) is 0 Å². The smallest absolute Gasteiger partial charge is 0.277 e. The Morgan fingerprint density at radius 3 is 2.68 bits per heavy atom. The van der Waals surface area contributed by atoms with E-state index < -0.39 is 0 Å². The molecule has 0 saturated carbocycles. The number of aromatic nitrogens is 3. The predicted molar refractivity (Wildman–Crippen MR) is 102 cm³/mol. The minimum atomic E-state index is -0.219. The summed E-state index contributed by atoms with van der Waals surface area (Å²) in [7, 11) is 0. The van der Waals surface area contributed by atoms with E-state index in [1.165, 1.54) is 11.3 Å². The zero-order chi connectivity index (χ0) is 17.8. The molecule has 1 aromatic carbocycles. The quantitative estimate of drug-likeness (QED) is 0.704. The molecule has 2 aromatic heterocycles. The number of para-hydroxylation sites is 2. The lowest BCUT2D eigenvalue weighted by Crippen LogP contribution is -2.27. The lowest BCUT2D eigenvalue weighted by atomic mass is 10.3. The van der Waals surface area contributed by atoms with E-state index in [1.807, 2.05) is 31.2 Å². The van der Waals surface area contributed by atoms with Gasteiger partial charge in [0.1, 0.15) is 5.69 Å². The fourth-order valence-electron chi connectivity index (χ4n) is 2.81. The van der Waals surface area contributed by atoms with Crippen molar-refractivity contribution in [1.82, 2.24) is 19.4 Å². The van der Waals surface area contributed by atoms with Gasteiger partial charge >= 0.3 is 0 Å². The first kappa shape index (κ1) is 17.6. The first-order chi connectivity index (χ1) is 12.1. The highest BCUT2D eigenvalue weighted by molar-refractivity contribution is 7.09. The maximum Gasteiger partial charge on any atom is 0.277 e. The van der Waals surface area contributed by atoms with E-state index in [-0.39, 0.29) is 5.91 Å². The van der Waals surface area contributed by atoms with Crippen molar-refractivity contribution in [3.05, 3.63) is 40.3 Å². The van der Waals surface area contributed by atoms with Gasteiger partial charge in [-0.2, -0.15) is 0 Å². The predicted octanol–water partition coefficient (Wildman–Crippen LogP) is 3.40. The molecular formula is C18H23N5OS. The molecule has 0 bridgehead atoms. The lowest BCUT2D eigenvalue weighted by molar-refractivity contribution is 0.102. The number of nitrogens with one attached hydrogen (secondary N) is 1. The Kier molecular flexibility index (Phi) is 5.45. The average molecular weight is 357 g/mol. The van der Waals surface area contributed by atoms with Crippen LogP contribution in [0.25, 0.3) is 11.0 Å². The molecule has 0 spiro atoms. The van der Waals surface area contributed by atoms with Gasteiger partial charge in [-0.05, 0) is 32.1 Å². The summed E-state index contributed by atoms with van der Waals surface area (Å²) in [5.74, 6) is 0.354. The van der Waals surface area contributed by atoms with E-state index in [2.05, 4.69) is 38.6 Å². The summed E-state index contributed by atoms with van der Waals surface area (Å²) >= 11 is 1.47. The highest BCUT2D eigenvalue weighted by Crippen LogP contribution is 2.20. The Hall–Kier alpha value is -2.25. The van der Waals surface area contributed by atoms with Crippen molar-refractivity contribution in [3.8, 4) is 0 Å². The van der Waals surface area contributed by atoms with Crippen molar-refractivity contribution < 1.29 is 4.79 Å². The average Bonchev–Trinajstić information content (AvgIpc) is 3.20. The number of nitrogens with zero attached hydrogens (tertiary/aromatic N) is 4. The third kappa shape index (κ3) is 3.88. The summed E-state index contributed by atoms with van der Waals surface area (Å²) in [6.45, 7) is 9.89. The number of carbonyl (C=O) groups is 1. The molecule has 7 heteroatoms. The van der Waals surface area contributed by atoms with Gasteiger partial charge in [-0.15, -0.1) is 11.3 Å². The minimum absolute atomic E-state index is 0.219. The molecule has 0 atom stereocenters. The topological polar surface area (TPSA) is 63.0 Å². The lowest BCUT2D eigenvalue weighted by Gasteiger charge is -2.19. The van der Waals surface area contributed by atoms with Gasteiger partial charge in [0.05, 0.1) is 16.0 Å². The molecule has 3 aromatic rings. The molecule has 0 aliphatic carbocycles. The largest absolute Gasteiger partial charge is 0.309 e. The fourth-order valence-corrected chi connectivity index (χ4v) is 3.40. The second-order valence-corrected chi connectivity index (χ2v) is 6.87. The molecule has 0 aliphatic heterocycles. The molecule has 0 fully saturated rings. The number of rotatable bonds is 7. The summed E-state index contributed by atoms with van der Waals surface area (Å²) in [6, 6.07) is 7.95. The Labute approximate surface area is 151 Å². The van der Waals surface area contributed by atoms with E-state index in [4.69, 9.17) is 0 Å². The normalized spacial score (nSPS) is 11.4. The maximum atomic E-state index is 12.5. The van der Waals surface area contributed by atoms with Gasteiger partial charge in [0.15, 0.2) is 0 Å². The number of amides is 1. The number of likely N-dealkylation sites (N-methyl/N-ethyl adjacent to an activating group) is 1. The van der Waals surface area contributed by atoms with Gasteiger partial charge in [-0.3, -0.25) is 10.1 Å². The highest BCUT2D eigenvalue weighted by atomic mass is 32.1. The number of fused-ring (bicyclic) bond motifs is 1. The molecule has 132 valence electrons. The van der Waals surface area contributed by atoms with E-state index in [9.17, 15) is 4.79 Å². The highest BCUT2D eigenvalue weighted by Gasteiger charge is 2.16. The third-order valence-electron chi connectivity index (χ3n) is 4.27. The molecule has 2 heterocycles. The van der Waals surface area contributed by atoms with Crippen LogP contribution >= 0.6 is 11.3 Å². The van der Waals surface area contributed by atoms with Gasteiger partial charge in [0.25, 0.3) is 5.91 Å². The number of anilines is 1. The number of carbonyl (C=O) groups excluding carboxylic acids is 1. The standard InChI is InChI=1S/C18H23N5OS/c1-4-22(5-2)10-11-23-16-9-7-6-8-14(16)20-18(23)21-17(24)15-12-25-13(3)19-15/h6-9,12H,4-5,10-11H2,1-3H3,(H,20,21,24). The van der Waals surface area contributed by atoms with Gasteiger partial charge < -0.3 is 9.47 Å². The van der Waals surface area contributed by atoms with Crippen LogP contribution in [0.1, 0.15) is 29.3 Å². The molecule has 25 heavy (non-hydrogen) atoms. The first-order valence-electron chi connectivity index (χ1n) is 8.53. The van der Waals surface area contributed by atoms with E-state index in [1.54, 1.807) is 5.38 Å². The number of imidazole rings is 1. The van der Waals surface area contributed by atoms with E-state index in [0.29, 0.717) is 11.6 Å². The monoisotopic (exact) mass is 357 g/mol. The summed E-state index contributed by atoms with van der Waals surface area (Å²) in [5, 5.41) is 5.57. The van der Waals surface area contributed by atoms with Crippen LogP contribution in [-0.4, -0.2) is 45.0 Å². The molecule has 0 radical (unpaired) electrons. The van der Waals surface area contributed by atoms with E-state index in [0.717, 1.165) is 42.2 Å². The summed E-state index contributed by atoms with van der Waals surface area (Å²) in [5.41, 5.74) is 2.34. The minimum Gasteiger partial charge on any atom is -0.309 e. The number of aryl methyl sites for hydroxylation is 1.